The van der Waals surface area contributed by atoms with Crippen LogP contribution < -0.4 is 0 Å². The summed E-state index contributed by atoms with van der Waals surface area (Å²) >= 11 is 2.40. The van der Waals surface area contributed by atoms with Gasteiger partial charge < -0.3 is 0 Å². The maximum absolute atomic E-state index is 3.78. The Labute approximate surface area is 99.3 Å². The molecule has 1 aromatic rings. The molecule has 0 heterocycles. The first-order valence-corrected chi connectivity index (χ1v) is 5.90. The number of hydrogen-bond acceptors (Lipinski definition) is 1. The molecular formula is C12H14IN. The topological polar surface area (TPSA) is 3.24 Å². The molecular weight excluding hydrogens is 285 g/mol. The zero-order valence-corrected chi connectivity index (χ0v) is 10.3. The van der Waals surface area contributed by atoms with Crippen molar-refractivity contribution in [1.82, 2.24) is 3.11 Å². The fourth-order valence-electron chi connectivity index (χ4n) is 2.08. The Bertz CT molecular complexity index is 335. The van der Waals surface area contributed by atoms with Crippen molar-refractivity contribution in [2.24, 2.45) is 0 Å². The Kier molecular flexibility index (Phi) is 3.23. The molecule has 2 heteroatoms. The van der Waals surface area contributed by atoms with E-state index in [1.807, 2.05) is 6.08 Å². The third-order valence-electron chi connectivity index (χ3n) is 2.74. The van der Waals surface area contributed by atoms with E-state index in [4.69, 9.17) is 0 Å². The molecule has 0 fully saturated rings. The molecule has 1 atom stereocenters. The summed E-state index contributed by atoms with van der Waals surface area (Å²) in [5.41, 5.74) is 3.02. The normalized spacial score (nSPS) is 19.7. The monoisotopic (exact) mass is 299 g/mol. The second kappa shape index (κ2) is 4.45. The summed E-state index contributed by atoms with van der Waals surface area (Å²) in [6.07, 6.45) is 4.43. The van der Waals surface area contributed by atoms with Gasteiger partial charge in [-0.2, -0.15) is 0 Å². The Morgan fingerprint density at radius 2 is 2.29 bits per heavy atom. The molecule has 0 saturated heterocycles. The molecule has 1 aromatic carbocycles. The first kappa shape index (κ1) is 10.2. The highest BCUT2D eigenvalue weighted by molar-refractivity contribution is 14.1. The van der Waals surface area contributed by atoms with E-state index in [0.717, 1.165) is 6.54 Å². The zero-order chi connectivity index (χ0) is 9.97. The molecule has 0 spiro atoms. The van der Waals surface area contributed by atoms with Crippen molar-refractivity contribution >= 4 is 22.9 Å². The lowest BCUT2D eigenvalue weighted by molar-refractivity contribution is 0.421. The smallest absolute Gasteiger partial charge is 0.0453 e. The van der Waals surface area contributed by atoms with E-state index in [1.165, 1.54) is 24.0 Å². The van der Waals surface area contributed by atoms with Gasteiger partial charge in [-0.1, -0.05) is 30.3 Å². The summed E-state index contributed by atoms with van der Waals surface area (Å²) in [5, 5.41) is 0. The van der Waals surface area contributed by atoms with E-state index in [-0.39, 0.29) is 0 Å². The average molecular weight is 299 g/mol. The predicted molar refractivity (Wildman–Crippen MR) is 68.4 cm³/mol. The van der Waals surface area contributed by atoms with Crippen molar-refractivity contribution in [2.75, 3.05) is 6.54 Å². The van der Waals surface area contributed by atoms with Crippen LogP contribution in [0, 0.1) is 0 Å². The molecule has 0 radical (unpaired) electrons. The average Bonchev–Trinajstić information content (AvgIpc) is 2.61. The lowest BCUT2D eigenvalue weighted by Crippen LogP contribution is -2.16. The predicted octanol–water partition coefficient (Wildman–Crippen LogP) is 3.51. The van der Waals surface area contributed by atoms with Crippen molar-refractivity contribution in [1.29, 1.82) is 0 Å². The molecule has 1 nitrogen and oxygen atoms in total. The quantitative estimate of drug-likeness (QED) is 0.469. The molecule has 14 heavy (non-hydrogen) atoms. The summed E-state index contributed by atoms with van der Waals surface area (Å²) in [7, 11) is 0. The highest BCUT2D eigenvalue weighted by atomic mass is 127. The number of rotatable bonds is 3. The van der Waals surface area contributed by atoms with Gasteiger partial charge in [0.05, 0.1) is 0 Å². The van der Waals surface area contributed by atoms with Crippen molar-refractivity contribution in [3.63, 3.8) is 0 Å². The Balaban J connectivity index is 2.21. The van der Waals surface area contributed by atoms with Crippen LogP contribution in [0.25, 0.3) is 0 Å². The molecule has 0 aliphatic heterocycles. The highest BCUT2D eigenvalue weighted by Gasteiger charge is 2.25. The second-order valence-electron chi connectivity index (χ2n) is 3.62. The molecule has 0 bridgehead atoms. The van der Waals surface area contributed by atoms with Gasteiger partial charge in [-0.25, -0.2) is 3.11 Å². The Morgan fingerprint density at radius 1 is 1.50 bits per heavy atom. The molecule has 0 saturated carbocycles. The minimum absolute atomic E-state index is 0.588. The first-order valence-electron chi connectivity index (χ1n) is 4.94. The minimum atomic E-state index is 0.588. The maximum atomic E-state index is 3.78. The fraction of sp³-hybridized carbons (Fsp3) is 0.333. The van der Waals surface area contributed by atoms with E-state index in [2.05, 4.69) is 56.8 Å². The molecule has 0 aromatic heterocycles. The summed E-state index contributed by atoms with van der Waals surface area (Å²) < 4.78 is 2.34. The van der Waals surface area contributed by atoms with Crippen LogP contribution in [0.3, 0.4) is 0 Å². The first-order chi connectivity index (χ1) is 6.83. The van der Waals surface area contributed by atoms with Gasteiger partial charge in [0, 0.05) is 35.5 Å². The lowest BCUT2D eigenvalue weighted by Gasteiger charge is -2.21. The van der Waals surface area contributed by atoms with Crippen LogP contribution in [-0.2, 0) is 6.42 Å². The summed E-state index contributed by atoms with van der Waals surface area (Å²) in [6.45, 7) is 4.74. The van der Waals surface area contributed by atoms with Gasteiger partial charge in [0.25, 0.3) is 0 Å². The number of nitrogens with zero attached hydrogens (tertiary/aromatic N) is 1. The van der Waals surface area contributed by atoms with Crippen LogP contribution in [0.1, 0.15) is 23.6 Å². The van der Waals surface area contributed by atoms with Crippen LogP contribution in [0.15, 0.2) is 36.9 Å². The van der Waals surface area contributed by atoms with Crippen LogP contribution >= 0.6 is 22.9 Å². The third-order valence-corrected chi connectivity index (χ3v) is 3.81. The zero-order valence-electron chi connectivity index (χ0n) is 8.12. The van der Waals surface area contributed by atoms with Crippen LogP contribution in [0.2, 0.25) is 0 Å². The van der Waals surface area contributed by atoms with Crippen LogP contribution in [0.4, 0.5) is 0 Å². The van der Waals surface area contributed by atoms with Gasteiger partial charge >= 0.3 is 0 Å². The molecule has 1 aliphatic rings. The van der Waals surface area contributed by atoms with Gasteiger partial charge in [0.15, 0.2) is 0 Å². The van der Waals surface area contributed by atoms with Gasteiger partial charge in [-0.3, -0.25) is 0 Å². The van der Waals surface area contributed by atoms with E-state index in [9.17, 15) is 0 Å². The number of hydrogen-bond donors (Lipinski definition) is 0. The summed E-state index contributed by atoms with van der Waals surface area (Å²) in [4.78, 5) is 0. The third kappa shape index (κ3) is 1.86. The van der Waals surface area contributed by atoms with Gasteiger partial charge in [-0.05, 0) is 24.0 Å². The van der Waals surface area contributed by atoms with Crippen molar-refractivity contribution in [2.45, 2.75) is 18.9 Å². The number of halogens is 1. The Morgan fingerprint density at radius 3 is 3.07 bits per heavy atom. The van der Waals surface area contributed by atoms with Crippen LogP contribution in [0.5, 0.6) is 0 Å². The standard InChI is InChI=1S/C12H14IN/c1-2-9-14(13)12-8-7-10-5-3-4-6-11(10)12/h2-6,12H,1,7-9H2. The van der Waals surface area contributed by atoms with Gasteiger partial charge in [0.1, 0.15) is 0 Å². The van der Waals surface area contributed by atoms with E-state index < -0.39 is 0 Å². The van der Waals surface area contributed by atoms with Gasteiger partial charge in [-0.15, -0.1) is 6.58 Å². The molecule has 0 amide bonds. The molecule has 1 unspecified atom stereocenters. The fourth-order valence-corrected chi connectivity index (χ4v) is 2.93. The van der Waals surface area contributed by atoms with Gasteiger partial charge in [0.2, 0.25) is 0 Å². The van der Waals surface area contributed by atoms with Crippen molar-refractivity contribution in [3.05, 3.63) is 48.0 Å². The van der Waals surface area contributed by atoms with E-state index in [1.54, 1.807) is 0 Å². The van der Waals surface area contributed by atoms with Crippen LogP contribution in [-0.4, -0.2) is 9.66 Å². The largest absolute Gasteiger partial charge is 0.236 e. The highest BCUT2D eigenvalue weighted by Crippen LogP contribution is 2.37. The number of fused-ring (bicyclic) bond motifs is 1. The van der Waals surface area contributed by atoms with E-state index >= 15 is 0 Å². The lowest BCUT2D eigenvalue weighted by atomic mass is 10.1. The van der Waals surface area contributed by atoms with Crippen molar-refractivity contribution in [3.8, 4) is 0 Å². The number of aryl methyl sites for hydroxylation is 1. The molecule has 0 N–H and O–H groups in total. The summed E-state index contributed by atoms with van der Waals surface area (Å²) in [5.74, 6) is 0. The summed E-state index contributed by atoms with van der Waals surface area (Å²) in [6, 6.07) is 9.35. The SMILES string of the molecule is C=CCN(I)C1CCc2ccccc21. The molecule has 74 valence electrons. The minimum Gasteiger partial charge on any atom is -0.236 e. The molecule has 2 rings (SSSR count). The van der Waals surface area contributed by atoms with Crippen molar-refractivity contribution < 1.29 is 0 Å². The number of benzene rings is 1. The second-order valence-corrected chi connectivity index (χ2v) is 4.86. The maximum Gasteiger partial charge on any atom is 0.0453 e. The Hall–Kier alpha value is -0.350. The molecule has 1 aliphatic carbocycles. The van der Waals surface area contributed by atoms with E-state index in [0.29, 0.717) is 6.04 Å².